The molecule has 1 saturated heterocycles. The summed E-state index contributed by atoms with van der Waals surface area (Å²) in [4.78, 5) is 17.8. The zero-order valence-electron chi connectivity index (χ0n) is 12.4. The van der Waals surface area contributed by atoms with E-state index in [9.17, 15) is 4.79 Å². The van der Waals surface area contributed by atoms with E-state index in [-0.39, 0.29) is 5.69 Å². The molecule has 0 aliphatic carbocycles. The number of nitrogens with zero attached hydrogens (tertiary/aromatic N) is 3. The molecule has 1 aromatic carbocycles. The van der Waals surface area contributed by atoms with Crippen molar-refractivity contribution in [2.24, 2.45) is 0 Å². The molecule has 1 aromatic heterocycles. The molecule has 22 heavy (non-hydrogen) atoms. The summed E-state index contributed by atoms with van der Waals surface area (Å²) in [5, 5.41) is 0. The van der Waals surface area contributed by atoms with Gasteiger partial charge in [0.2, 0.25) is 0 Å². The highest BCUT2D eigenvalue weighted by Crippen LogP contribution is 2.24. The second-order valence-electron chi connectivity index (χ2n) is 5.04. The molecule has 1 aliphatic heterocycles. The van der Waals surface area contributed by atoms with Crippen LogP contribution < -0.4 is 10.6 Å². The zero-order valence-corrected chi connectivity index (χ0v) is 12.4. The van der Waals surface area contributed by atoms with E-state index in [4.69, 9.17) is 10.5 Å². The molecular formula is C15H18N4O3. The zero-order chi connectivity index (χ0) is 15.5. The van der Waals surface area contributed by atoms with Gasteiger partial charge >= 0.3 is 5.97 Å². The summed E-state index contributed by atoms with van der Waals surface area (Å²) in [6.45, 7) is 3.09. The van der Waals surface area contributed by atoms with Gasteiger partial charge in [-0.1, -0.05) is 0 Å². The third-order valence-electron chi connectivity index (χ3n) is 3.58. The Hall–Kier alpha value is -2.54. The molecule has 0 radical (unpaired) electrons. The quantitative estimate of drug-likeness (QED) is 0.675. The first kappa shape index (κ1) is 14.4. The molecule has 2 heterocycles. The van der Waals surface area contributed by atoms with Crippen LogP contribution in [-0.4, -0.2) is 48.9 Å². The number of anilines is 2. The smallest absolute Gasteiger partial charge is 0.358 e. The van der Waals surface area contributed by atoms with Gasteiger partial charge in [0, 0.05) is 30.7 Å². The molecule has 2 N–H and O–H groups in total. The van der Waals surface area contributed by atoms with E-state index in [1.54, 1.807) is 17.1 Å². The number of benzene rings is 1. The van der Waals surface area contributed by atoms with E-state index >= 15 is 0 Å². The van der Waals surface area contributed by atoms with E-state index in [1.807, 2.05) is 18.2 Å². The van der Waals surface area contributed by atoms with Crippen molar-refractivity contribution in [1.29, 1.82) is 0 Å². The Morgan fingerprint density at radius 1 is 1.27 bits per heavy atom. The normalized spacial score (nSPS) is 14.9. The van der Waals surface area contributed by atoms with Gasteiger partial charge in [-0.3, -0.25) is 0 Å². The van der Waals surface area contributed by atoms with Gasteiger partial charge in [0.1, 0.15) is 6.33 Å². The number of esters is 1. The van der Waals surface area contributed by atoms with E-state index in [0.29, 0.717) is 18.9 Å². The average Bonchev–Trinajstić information content (AvgIpc) is 3.04. The van der Waals surface area contributed by atoms with Crippen molar-refractivity contribution < 1.29 is 14.3 Å². The van der Waals surface area contributed by atoms with Crippen LogP contribution in [0.2, 0.25) is 0 Å². The molecule has 7 heteroatoms. The molecule has 0 bridgehead atoms. The summed E-state index contributed by atoms with van der Waals surface area (Å²) in [6, 6.07) is 5.80. The summed E-state index contributed by atoms with van der Waals surface area (Å²) >= 11 is 0. The molecule has 0 amide bonds. The summed E-state index contributed by atoms with van der Waals surface area (Å²) in [6.07, 6.45) is 3.20. The number of hydrogen-bond acceptors (Lipinski definition) is 6. The molecule has 3 rings (SSSR count). The van der Waals surface area contributed by atoms with Crippen LogP contribution in [0.3, 0.4) is 0 Å². The summed E-state index contributed by atoms with van der Waals surface area (Å²) in [5.41, 5.74) is 8.82. The minimum atomic E-state index is -0.462. The van der Waals surface area contributed by atoms with Crippen LogP contribution in [-0.2, 0) is 9.47 Å². The number of ether oxygens (including phenoxy) is 2. The van der Waals surface area contributed by atoms with Crippen molar-refractivity contribution in [3.8, 4) is 5.69 Å². The van der Waals surface area contributed by atoms with E-state index in [0.717, 1.165) is 24.5 Å². The first-order valence-corrected chi connectivity index (χ1v) is 7.03. The maximum atomic E-state index is 11.5. The minimum Gasteiger partial charge on any atom is -0.464 e. The van der Waals surface area contributed by atoms with Gasteiger partial charge in [-0.2, -0.15) is 0 Å². The summed E-state index contributed by atoms with van der Waals surface area (Å²) in [5.74, 6) is -0.462. The lowest BCUT2D eigenvalue weighted by Crippen LogP contribution is -2.36. The predicted octanol–water partition coefficient (Wildman–Crippen LogP) is 1.08. The van der Waals surface area contributed by atoms with Gasteiger partial charge in [0.15, 0.2) is 5.69 Å². The molecule has 0 saturated carbocycles. The second kappa shape index (κ2) is 6.07. The molecule has 1 fully saturated rings. The van der Waals surface area contributed by atoms with Crippen molar-refractivity contribution in [2.45, 2.75) is 0 Å². The standard InChI is InChI=1S/C15H18N4O3/c1-21-15(20)14-9-19(10-17-14)13-7-11(16)6-12(8-13)18-2-4-22-5-3-18/h6-10H,2-5,16H2,1H3. The van der Waals surface area contributed by atoms with Crippen LogP contribution in [0.1, 0.15) is 10.5 Å². The van der Waals surface area contributed by atoms with E-state index in [2.05, 4.69) is 14.6 Å². The largest absolute Gasteiger partial charge is 0.464 e. The van der Waals surface area contributed by atoms with Crippen LogP contribution in [0.4, 0.5) is 11.4 Å². The Balaban J connectivity index is 1.91. The van der Waals surface area contributed by atoms with Crippen LogP contribution >= 0.6 is 0 Å². The SMILES string of the molecule is COC(=O)c1cn(-c2cc(N)cc(N3CCOCC3)c2)cn1. The number of imidazole rings is 1. The monoisotopic (exact) mass is 302 g/mol. The van der Waals surface area contributed by atoms with Gasteiger partial charge in [0.25, 0.3) is 0 Å². The average molecular weight is 302 g/mol. The molecule has 116 valence electrons. The number of carbonyl (C=O) groups excluding carboxylic acids is 1. The molecular weight excluding hydrogens is 284 g/mol. The maximum absolute atomic E-state index is 11.5. The summed E-state index contributed by atoms with van der Waals surface area (Å²) < 4.78 is 11.8. The van der Waals surface area contributed by atoms with Gasteiger partial charge in [-0.15, -0.1) is 0 Å². The molecule has 0 atom stereocenters. The Kier molecular flexibility index (Phi) is 3.97. The summed E-state index contributed by atoms with van der Waals surface area (Å²) in [7, 11) is 1.33. The molecule has 1 aliphatic rings. The van der Waals surface area contributed by atoms with Crippen molar-refractivity contribution >= 4 is 17.3 Å². The van der Waals surface area contributed by atoms with Crippen molar-refractivity contribution in [1.82, 2.24) is 9.55 Å². The van der Waals surface area contributed by atoms with Gasteiger partial charge in [-0.05, 0) is 18.2 Å². The van der Waals surface area contributed by atoms with Gasteiger partial charge in [-0.25, -0.2) is 9.78 Å². The Morgan fingerprint density at radius 2 is 2.00 bits per heavy atom. The van der Waals surface area contributed by atoms with E-state index in [1.165, 1.54) is 7.11 Å². The van der Waals surface area contributed by atoms with Gasteiger partial charge in [0.05, 0.1) is 26.0 Å². The van der Waals surface area contributed by atoms with Crippen LogP contribution in [0.25, 0.3) is 5.69 Å². The second-order valence-corrected chi connectivity index (χ2v) is 5.04. The Labute approximate surface area is 128 Å². The number of rotatable bonds is 3. The maximum Gasteiger partial charge on any atom is 0.358 e. The lowest BCUT2D eigenvalue weighted by atomic mass is 10.2. The van der Waals surface area contributed by atoms with Crippen molar-refractivity contribution in [2.75, 3.05) is 44.0 Å². The minimum absolute atomic E-state index is 0.262. The molecule has 7 nitrogen and oxygen atoms in total. The van der Waals surface area contributed by atoms with Crippen LogP contribution in [0, 0.1) is 0 Å². The first-order chi connectivity index (χ1) is 10.7. The number of nitrogen functional groups attached to an aromatic ring is 1. The fraction of sp³-hybridized carbons (Fsp3) is 0.333. The third kappa shape index (κ3) is 2.89. The predicted molar refractivity (Wildman–Crippen MR) is 82.3 cm³/mol. The number of hydrogen-bond donors (Lipinski definition) is 1. The Bertz CT molecular complexity index is 677. The van der Waals surface area contributed by atoms with Gasteiger partial charge < -0.3 is 24.7 Å². The number of morpholine rings is 1. The highest BCUT2D eigenvalue weighted by atomic mass is 16.5. The topological polar surface area (TPSA) is 82.6 Å². The van der Waals surface area contributed by atoms with E-state index < -0.39 is 5.97 Å². The number of aromatic nitrogens is 2. The molecule has 0 spiro atoms. The fourth-order valence-electron chi connectivity index (χ4n) is 2.45. The highest BCUT2D eigenvalue weighted by molar-refractivity contribution is 5.86. The number of carbonyl (C=O) groups is 1. The highest BCUT2D eigenvalue weighted by Gasteiger charge is 2.14. The third-order valence-corrected chi connectivity index (χ3v) is 3.58. The fourth-order valence-corrected chi connectivity index (χ4v) is 2.45. The molecule has 2 aromatic rings. The number of methoxy groups -OCH3 is 1. The van der Waals surface area contributed by atoms with Crippen LogP contribution in [0.15, 0.2) is 30.7 Å². The number of nitrogens with two attached hydrogens (primary N) is 1. The van der Waals surface area contributed by atoms with Crippen molar-refractivity contribution in [3.05, 3.63) is 36.4 Å². The Morgan fingerprint density at radius 3 is 2.73 bits per heavy atom. The first-order valence-electron chi connectivity index (χ1n) is 7.03. The lowest BCUT2D eigenvalue weighted by Gasteiger charge is -2.29. The molecule has 0 unspecified atom stereocenters. The van der Waals surface area contributed by atoms with Crippen molar-refractivity contribution in [3.63, 3.8) is 0 Å². The van der Waals surface area contributed by atoms with Crippen LogP contribution in [0.5, 0.6) is 0 Å². The lowest BCUT2D eigenvalue weighted by molar-refractivity contribution is 0.0594.